The molecule has 0 spiro atoms. The Morgan fingerprint density at radius 1 is 1.22 bits per heavy atom. The zero-order valence-electron chi connectivity index (χ0n) is 18.1. The van der Waals surface area contributed by atoms with E-state index in [0.717, 1.165) is 35.8 Å². The molecule has 0 aromatic heterocycles. The Kier molecular flexibility index (Phi) is 9.92. The Labute approximate surface area is 187 Å². The summed E-state index contributed by atoms with van der Waals surface area (Å²) < 4.78 is 16.8. The van der Waals surface area contributed by atoms with E-state index in [9.17, 15) is 4.79 Å². The van der Waals surface area contributed by atoms with E-state index in [1.807, 2.05) is 42.5 Å². The van der Waals surface area contributed by atoms with Gasteiger partial charge in [-0.2, -0.15) is 0 Å². The Bertz CT molecular complexity index is 871. The van der Waals surface area contributed by atoms with Crippen LogP contribution in [0, 0.1) is 0 Å². The fourth-order valence-electron chi connectivity index (χ4n) is 3.09. The van der Waals surface area contributed by atoms with Crippen LogP contribution >= 0.6 is 0 Å². The molecular formula is C22H31N5O5. The highest BCUT2D eigenvalue weighted by atomic mass is 16.5. The average Bonchev–Trinajstić information content (AvgIpc) is 2.80. The maximum absolute atomic E-state index is 11.2. The number of hydrazone groups is 1. The van der Waals surface area contributed by atoms with Crippen molar-refractivity contribution in [2.45, 2.75) is 19.4 Å². The molecule has 2 aromatic rings. The van der Waals surface area contributed by atoms with Gasteiger partial charge in [0.05, 0.1) is 18.8 Å². The second-order valence-electron chi connectivity index (χ2n) is 6.84. The number of benzene rings is 2. The van der Waals surface area contributed by atoms with Crippen LogP contribution in [0.5, 0.6) is 11.5 Å². The number of nitrogens with two attached hydrogens (primary N) is 3. The zero-order chi connectivity index (χ0) is 23.3. The quantitative estimate of drug-likeness (QED) is 0.192. The third-order valence-corrected chi connectivity index (χ3v) is 4.59. The summed E-state index contributed by atoms with van der Waals surface area (Å²) >= 11 is 0. The summed E-state index contributed by atoms with van der Waals surface area (Å²) in [7, 11) is 0. The Balaban J connectivity index is 0.000000654. The van der Waals surface area contributed by atoms with Crippen LogP contribution in [0.25, 0.3) is 0 Å². The molecule has 0 radical (unpaired) electrons. The zero-order valence-corrected chi connectivity index (χ0v) is 18.1. The van der Waals surface area contributed by atoms with Gasteiger partial charge in [0.15, 0.2) is 6.10 Å². The molecular weight excluding hydrogens is 414 g/mol. The normalized spacial score (nSPS) is 13.0. The first kappa shape index (κ1) is 24.6. The highest BCUT2D eigenvalue weighted by Crippen LogP contribution is 2.30. The number of carboxylic acid groups (broad SMARTS) is 1. The maximum atomic E-state index is 11.2. The third-order valence-electron chi connectivity index (χ3n) is 4.59. The summed E-state index contributed by atoms with van der Waals surface area (Å²) in [6, 6.07) is 15.5. The predicted molar refractivity (Wildman–Crippen MR) is 123 cm³/mol. The second kappa shape index (κ2) is 12.9. The lowest BCUT2D eigenvalue weighted by Gasteiger charge is -2.31. The number of guanidine groups is 1. The first-order valence-electron chi connectivity index (χ1n) is 10.3. The van der Waals surface area contributed by atoms with E-state index in [1.165, 1.54) is 0 Å². The minimum absolute atomic E-state index is 0.0926. The number of rotatable bonds is 9. The molecule has 0 amide bonds. The van der Waals surface area contributed by atoms with E-state index >= 15 is 0 Å². The topological polar surface area (TPSA) is 159 Å². The molecule has 0 fully saturated rings. The lowest BCUT2D eigenvalue weighted by atomic mass is 10.1. The highest BCUT2D eigenvalue weighted by molar-refractivity contribution is 5.75. The molecule has 1 heterocycles. The molecule has 1 aliphatic heterocycles. The van der Waals surface area contributed by atoms with Crippen molar-refractivity contribution in [3.05, 3.63) is 54.1 Å². The van der Waals surface area contributed by atoms with Crippen molar-refractivity contribution in [2.75, 3.05) is 37.8 Å². The van der Waals surface area contributed by atoms with Gasteiger partial charge in [-0.3, -0.25) is 0 Å². The fourth-order valence-corrected chi connectivity index (χ4v) is 3.09. The number of aliphatic carboxylic acids is 1. The first-order valence-corrected chi connectivity index (χ1v) is 10.3. The van der Waals surface area contributed by atoms with Gasteiger partial charge in [-0.15, -0.1) is 5.10 Å². The molecule has 7 N–H and O–H groups in total. The average molecular weight is 446 g/mol. The minimum Gasteiger partial charge on any atom is -0.492 e. The number of carboxylic acids is 1. The second-order valence-corrected chi connectivity index (χ2v) is 6.84. The van der Waals surface area contributed by atoms with E-state index in [-0.39, 0.29) is 5.96 Å². The van der Waals surface area contributed by atoms with Gasteiger partial charge in [-0.25, -0.2) is 4.79 Å². The summed E-state index contributed by atoms with van der Waals surface area (Å²) in [6.45, 7) is 5.02. The maximum Gasteiger partial charge on any atom is 0.333 e. The lowest BCUT2D eigenvalue weighted by molar-refractivity contribution is -0.149. The molecule has 3 rings (SSSR count). The van der Waals surface area contributed by atoms with Crippen molar-refractivity contribution in [3.63, 3.8) is 0 Å². The molecule has 10 heteroatoms. The molecule has 0 saturated carbocycles. The lowest BCUT2D eigenvalue weighted by Crippen LogP contribution is -2.35. The SMILES string of the molecule is CCO[C@@H](Cc1ccc(OCCN2CCOc3ccccc32)cc1)C(=O)O.NN=C(N)N. The number of para-hydroxylation sites is 2. The van der Waals surface area contributed by atoms with Crippen LogP contribution in [0.1, 0.15) is 12.5 Å². The number of hydrogen-bond acceptors (Lipinski definition) is 7. The van der Waals surface area contributed by atoms with Gasteiger partial charge in [0.1, 0.15) is 24.7 Å². The van der Waals surface area contributed by atoms with Crippen molar-refractivity contribution in [2.24, 2.45) is 22.4 Å². The van der Waals surface area contributed by atoms with E-state index < -0.39 is 12.1 Å². The molecule has 1 aliphatic rings. The van der Waals surface area contributed by atoms with Gasteiger partial charge in [-0.1, -0.05) is 24.3 Å². The summed E-state index contributed by atoms with van der Waals surface area (Å²) in [4.78, 5) is 13.4. The molecule has 0 saturated heterocycles. The van der Waals surface area contributed by atoms with Crippen molar-refractivity contribution in [1.29, 1.82) is 0 Å². The molecule has 0 bridgehead atoms. The van der Waals surface area contributed by atoms with E-state index in [2.05, 4.69) is 21.9 Å². The summed E-state index contributed by atoms with van der Waals surface area (Å²) in [5.41, 5.74) is 11.4. The predicted octanol–water partition coefficient (Wildman–Crippen LogP) is 1.13. The first-order chi connectivity index (χ1) is 15.4. The van der Waals surface area contributed by atoms with E-state index in [0.29, 0.717) is 26.2 Å². The fraction of sp³-hybridized carbons (Fsp3) is 0.364. The number of fused-ring (bicyclic) bond motifs is 1. The van der Waals surface area contributed by atoms with Crippen LogP contribution in [0.2, 0.25) is 0 Å². The summed E-state index contributed by atoms with van der Waals surface area (Å²) in [5.74, 6) is 5.15. The number of nitrogens with zero attached hydrogens (tertiary/aromatic N) is 2. The summed E-state index contributed by atoms with van der Waals surface area (Å²) in [5, 5.41) is 12.0. The monoisotopic (exact) mass is 445 g/mol. The van der Waals surface area contributed by atoms with Crippen LogP contribution < -0.4 is 31.7 Å². The number of ether oxygens (including phenoxy) is 3. The van der Waals surface area contributed by atoms with Crippen molar-refractivity contribution in [1.82, 2.24) is 0 Å². The molecule has 1 atom stereocenters. The van der Waals surface area contributed by atoms with Crippen molar-refractivity contribution in [3.8, 4) is 11.5 Å². The van der Waals surface area contributed by atoms with Gasteiger partial charge >= 0.3 is 5.97 Å². The van der Waals surface area contributed by atoms with Crippen molar-refractivity contribution < 1.29 is 24.1 Å². The van der Waals surface area contributed by atoms with E-state index in [4.69, 9.17) is 30.8 Å². The minimum atomic E-state index is -0.942. The van der Waals surface area contributed by atoms with Crippen LogP contribution in [-0.4, -0.2) is 56.0 Å². The van der Waals surface area contributed by atoms with Crippen LogP contribution in [0.4, 0.5) is 5.69 Å². The Morgan fingerprint density at radius 2 is 1.91 bits per heavy atom. The van der Waals surface area contributed by atoms with Gasteiger partial charge in [0.2, 0.25) is 5.96 Å². The molecule has 2 aromatic carbocycles. The van der Waals surface area contributed by atoms with Gasteiger partial charge < -0.3 is 41.5 Å². The molecule has 174 valence electrons. The van der Waals surface area contributed by atoms with Gasteiger partial charge in [-0.05, 0) is 36.8 Å². The number of hydrogen-bond donors (Lipinski definition) is 4. The molecule has 0 unspecified atom stereocenters. The van der Waals surface area contributed by atoms with Gasteiger partial charge in [0.25, 0.3) is 0 Å². The smallest absolute Gasteiger partial charge is 0.333 e. The van der Waals surface area contributed by atoms with E-state index in [1.54, 1.807) is 6.92 Å². The molecule has 0 aliphatic carbocycles. The van der Waals surface area contributed by atoms with Crippen molar-refractivity contribution >= 4 is 17.6 Å². The molecule has 10 nitrogen and oxygen atoms in total. The Morgan fingerprint density at radius 3 is 2.53 bits per heavy atom. The van der Waals surface area contributed by atoms with Crippen LogP contribution in [0.3, 0.4) is 0 Å². The number of anilines is 1. The van der Waals surface area contributed by atoms with Crippen LogP contribution in [0.15, 0.2) is 53.6 Å². The highest BCUT2D eigenvalue weighted by Gasteiger charge is 2.18. The largest absolute Gasteiger partial charge is 0.492 e. The Hall–Kier alpha value is -3.66. The van der Waals surface area contributed by atoms with Crippen LogP contribution in [-0.2, 0) is 16.0 Å². The summed E-state index contributed by atoms with van der Waals surface area (Å²) in [6.07, 6.45) is -0.475. The molecule has 32 heavy (non-hydrogen) atoms. The number of carbonyl (C=O) groups is 1. The van der Waals surface area contributed by atoms with Gasteiger partial charge in [0, 0.05) is 13.0 Å². The standard InChI is InChI=1S/C21H25NO5.CH6N4/c1-2-25-20(21(23)24)15-16-7-9-17(10-8-16)26-13-11-22-12-14-27-19-6-4-3-5-18(19)22;2-1(3)5-4/h3-10,20H,2,11-15H2,1H3,(H,23,24);4H2,(H4,2,3,5)/t20-;/m0./s1. The third kappa shape index (κ3) is 7.88.